The highest BCUT2D eigenvalue weighted by Crippen LogP contribution is 2.23. The summed E-state index contributed by atoms with van der Waals surface area (Å²) < 4.78 is 5.23. The molecule has 4 heteroatoms. The molecule has 116 valence electrons. The monoisotopic (exact) mass is 309 g/mol. The Kier molecular flexibility index (Phi) is 6.52. The number of esters is 1. The number of carbonyl (C=O) groups is 1. The highest BCUT2D eigenvalue weighted by Gasteiger charge is 2.25. The highest BCUT2D eigenvalue weighted by molar-refractivity contribution is 6.30. The first-order chi connectivity index (χ1) is 10.2. The van der Waals surface area contributed by atoms with Crippen LogP contribution in [0.3, 0.4) is 0 Å². The van der Waals surface area contributed by atoms with E-state index in [9.17, 15) is 4.79 Å². The van der Waals surface area contributed by atoms with E-state index in [1.54, 1.807) is 0 Å². The van der Waals surface area contributed by atoms with Crippen molar-refractivity contribution in [2.45, 2.75) is 57.5 Å². The van der Waals surface area contributed by atoms with E-state index in [0.717, 1.165) is 18.4 Å². The molecule has 0 spiro atoms. The predicted octanol–water partition coefficient (Wildman–Crippen LogP) is 4.26. The van der Waals surface area contributed by atoms with Crippen LogP contribution in [0, 0.1) is 0 Å². The quantitative estimate of drug-likeness (QED) is 0.652. The molecule has 1 aromatic rings. The van der Waals surface area contributed by atoms with E-state index in [0.29, 0.717) is 17.7 Å². The maximum absolute atomic E-state index is 12.3. The second kappa shape index (κ2) is 8.40. The zero-order chi connectivity index (χ0) is 15.1. The van der Waals surface area contributed by atoms with Gasteiger partial charge in [0.05, 0.1) is 6.61 Å². The molecule has 1 unspecified atom stereocenters. The van der Waals surface area contributed by atoms with Crippen LogP contribution in [0.4, 0.5) is 0 Å². The lowest BCUT2D eigenvalue weighted by Gasteiger charge is -2.24. The zero-order valence-electron chi connectivity index (χ0n) is 12.6. The van der Waals surface area contributed by atoms with Crippen LogP contribution in [-0.4, -0.2) is 18.6 Å². The van der Waals surface area contributed by atoms with Gasteiger partial charge in [-0.2, -0.15) is 0 Å². The summed E-state index contributed by atoms with van der Waals surface area (Å²) in [5.74, 6) is -0.205. The number of hydrogen-bond donors (Lipinski definition) is 1. The number of rotatable bonds is 5. The minimum Gasteiger partial charge on any atom is -0.465 e. The minimum absolute atomic E-state index is 0.205. The Labute approximate surface area is 132 Å². The molecule has 1 N–H and O–H groups in total. The van der Waals surface area contributed by atoms with Crippen LogP contribution in [0.25, 0.3) is 0 Å². The fraction of sp³-hybridized carbons (Fsp3) is 0.588. The summed E-state index contributed by atoms with van der Waals surface area (Å²) in [6, 6.07) is 7.42. The van der Waals surface area contributed by atoms with Crippen LogP contribution in [0.1, 0.15) is 57.1 Å². The van der Waals surface area contributed by atoms with Crippen molar-refractivity contribution >= 4 is 17.6 Å². The molecule has 2 rings (SSSR count). The number of benzene rings is 1. The molecule has 0 heterocycles. The van der Waals surface area contributed by atoms with E-state index < -0.39 is 6.04 Å². The van der Waals surface area contributed by atoms with E-state index in [4.69, 9.17) is 16.3 Å². The molecule has 1 aliphatic carbocycles. The van der Waals surface area contributed by atoms with Crippen molar-refractivity contribution in [2.75, 3.05) is 6.61 Å². The Morgan fingerprint density at radius 3 is 2.43 bits per heavy atom. The molecule has 1 saturated carbocycles. The molecule has 3 nitrogen and oxygen atoms in total. The summed E-state index contributed by atoms with van der Waals surface area (Å²) in [6.07, 6.45) is 7.31. The van der Waals surface area contributed by atoms with Crippen molar-refractivity contribution in [1.29, 1.82) is 0 Å². The van der Waals surface area contributed by atoms with E-state index in [1.807, 2.05) is 31.2 Å². The zero-order valence-corrected chi connectivity index (χ0v) is 13.4. The number of hydrogen-bond acceptors (Lipinski definition) is 3. The van der Waals surface area contributed by atoms with Crippen LogP contribution in [0.2, 0.25) is 5.02 Å². The van der Waals surface area contributed by atoms with Crippen molar-refractivity contribution in [1.82, 2.24) is 5.32 Å². The average molecular weight is 310 g/mol. The fourth-order valence-corrected chi connectivity index (χ4v) is 2.99. The van der Waals surface area contributed by atoms with Gasteiger partial charge in [-0.1, -0.05) is 49.4 Å². The van der Waals surface area contributed by atoms with Gasteiger partial charge < -0.3 is 4.74 Å². The maximum atomic E-state index is 12.3. The Morgan fingerprint density at radius 2 is 1.86 bits per heavy atom. The number of ether oxygens (including phenoxy) is 1. The molecule has 21 heavy (non-hydrogen) atoms. The van der Waals surface area contributed by atoms with Gasteiger partial charge in [0.15, 0.2) is 0 Å². The summed E-state index contributed by atoms with van der Waals surface area (Å²) >= 11 is 5.93. The normalized spacial score (nSPS) is 18.0. The van der Waals surface area contributed by atoms with Gasteiger partial charge in [0.1, 0.15) is 6.04 Å². The smallest absolute Gasteiger partial charge is 0.327 e. The third kappa shape index (κ3) is 5.01. The second-order valence-electron chi connectivity index (χ2n) is 5.59. The van der Waals surface area contributed by atoms with Gasteiger partial charge in [0.25, 0.3) is 0 Å². The number of nitrogens with one attached hydrogen (secondary N) is 1. The Bertz CT molecular complexity index is 439. The van der Waals surface area contributed by atoms with Crippen molar-refractivity contribution < 1.29 is 9.53 Å². The summed E-state index contributed by atoms with van der Waals surface area (Å²) in [7, 11) is 0. The lowest BCUT2D eigenvalue weighted by molar-refractivity contribution is -0.146. The van der Waals surface area contributed by atoms with Crippen molar-refractivity contribution in [3.63, 3.8) is 0 Å². The molecular weight excluding hydrogens is 286 g/mol. The van der Waals surface area contributed by atoms with Crippen molar-refractivity contribution in [3.05, 3.63) is 34.9 Å². The van der Waals surface area contributed by atoms with Gasteiger partial charge in [-0.15, -0.1) is 0 Å². The second-order valence-corrected chi connectivity index (χ2v) is 6.03. The fourth-order valence-electron chi connectivity index (χ4n) is 2.86. The molecule has 0 amide bonds. The summed E-state index contributed by atoms with van der Waals surface area (Å²) in [6.45, 7) is 2.23. The van der Waals surface area contributed by atoms with Gasteiger partial charge in [0, 0.05) is 11.1 Å². The van der Waals surface area contributed by atoms with Gasteiger partial charge >= 0.3 is 5.97 Å². The molecule has 1 atom stereocenters. The van der Waals surface area contributed by atoms with Crippen LogP contribution in [0.15, 0.2) is 24.3 Å². The first kappa shape index (κ1) is 16.3. The maximum Gasteiger partial charge on any atom is 0.327 e. The van der Waals surface area contributed by atoms with Crippen LogP contribution >= 0.6 is 11.6 Å². The Hall–Kier alpha value is -1.06. The predicted molar refractivity (Wildman–Crippen MR) is 85.5 cm³/mol. The van der Waals surface area contributed by atoms with E-state index in [-0.39, 0.29) is 5.97 Å². The first-order valence-corrected chi connectivity index (χ1v) is 8.26. The molecule has 0 aromatic heterocycles. The summed E-state index contributed by atoms with van der Waals surface area (Å²) in [4.78, 5) is 12.3. The van der Waals surface area contributed by atoms with E-state index in [2.05, 4.69) is 5.32 Å². The molecule has 0 saturated heterocycles. The third-order valence-corrected chi connectivity index (χ3v) is 4.24. The minimum atomic E-state index is -0.398. The molecule has 1 aliphatic rings. The largest absolute Gasteiger partial charge is 0.465 e. The highest BCUT2D eigenvalue weighted by atomic mass is 35.5. The molecule has 0 bridgehead atoms. The molecule has 1 aromatic carbocycles. The molecule has 0 aliphatic heterocycles. The lowest BCUT2D eigenvalue weighted by atomic mass is 10.0. The summed E-state index contributed by atoms with van der Waals surface area (Å²) in [5.41, 5.74) is 0.919. The van der Waals surface area contributed by atoms with Crippen molar-refractivity contribution in [3.8, 4) is 0 Å². The van der Waals surface area contributed by atoms with E-state index >= 15 is 0 Å². The van der Waals surface area contributed by atoms with Gasteiger partial charge in [-0.25, -0.2) is 4.79 Å². The number of carbonyl (C=O) groups excluding carboxylic acids is 1. The van der Waals surface area contributed by atoms with Gasteiger partial charge in [0.2, 0.25) is 0 Å². The van der Waals surface area contributed by atoms with Crippen LogP contribution < -0.4 is 5.32 Å². The number of halogens is 1. The lowest BCUT2D eigenvalue weighted by Crippen LogP contribution is -2.37. The van der Waals surface area contributed by atoms with Gasteiger partial charge in [-0.05, 0) is 37.5 Å². The first-order valence-electron chi connectivity index (χ1n) is 7.89. The topological polar surface area (TPSA) is 38.3 Å². The standard InChI is InChI=1S/C17H24ClNO2/c1-2-21-17(20)16(13-9-11-14(18)12-10-13)19-15-7-5-3-4-6-8-15/h9-12,15-16,19H,2-8H2,1H3. The Balaban J connectivity index is 2.11. The molecule has 0 radical (unpaired) electrons. The van der Waals surface area contributed by atoms with Crippen LogP contribution in [0.5, 0.6) is 0 Å². The third-order valence-electron chi connectivity index (χ3n) is 3.98. The SMILES string of the molecule is CCOC(=O)C(NC1CCCCCC1)c1ccc(Cl)cc1. The van der Waals surface area contributed by atoms with Crippen LogP contribution in [-0.2, 0) is 9.53 Å². The average Bonchev–Trinajstić information content (AvgIpc) is 2.75. The van der Waals surface area contributed by atoms with Crippen molar-refractivity contribution in [2.24, 2.45) is 0 Å². The molecular formula is C17H24ClNO2. The van der Waals surface area contributed by atoms with E-state index in [1.165, 1.54) is 25.7 Å². The Morgan fingerprint density at radius 1 is 1.24 bits per heavy atom. The van der Waals surface area contributed by atoms with Gasteiger partial charge in [-0.3, -0.25) is 5.32 Å². The molecule has 1 fully saturated rings. The summed E-state index contributed by atoms with van der Waals surface area (Å²) in [5, 5.41) is 4.18.